The Bertz CT molecular complexity index is 1290. The number of amides is 2. The van der Waals surface area contributed by atoms with Crippen LogP contribution in [0.2, 0.25) is 0 Å². The Hall–Kier alpha value is -4.06. The van der Waals surface area contributed by atoms with Gasteiger partial charge in [0.05, 0.1) is 23.9 Å². The number of para-hydroxylation sites is 1. The number of aromatic amines is 1. The fourth-order valence-electron chi connectivity index (χ4n) is 3.49. The third-order valence-corrected chi connectivity index (χ3v) is 5.63. The molecule has 3 aromatic rings. The van der Waals surface area contributed by atoms with Crippen LogP contribution in [0, 0.1) is 0 Å². The van der Waals surface area contributed by atoms with Crippen LogP contribution in [0.3, 0.4) is 0 Å². The van der Waals surface area contributed by atoms with E-state index in [0.29, 0.717) is 22.4 Å². The van der Waals surface area contributed by atoms with E-state index in [1.165, 1.54) is 6.21 Å². The summed E-state index contributed by atoms with van der Waals surface area (Å²) in [5.74, 6) is -1.11. The van der Waals surface area contributed by atoms with Gasteiger partial charge in [-0.2, -0.15) is 5.10 Å². The number of carbonyl (C=O) groups is 3. The number of nitrogens with one attached hydrogen (secondary N) is 3. The van der Waals surface area contributed by atoms with Gasteiger partial charge in [0.2, 0.25) is 0 Å². The highest BCUT2D eigenvalue weighted by atomic mass is 79.9. The summed E-state index contributed by atoms with van der Waals surface area (Å²) in [6.07, 6.45) is 2.68. The summed E-state index contributed by atoms with van der Waals surface area (Å²) >= 11 is 3.35. The normalized spacial score (nSPS) is 11.8. The Kier molecular flexibility index (Phi) is 9.90. The van der Waals surface area contributed by atoms with E-state index in [2.05, 4.69) is 36.8 Å². The van der Waals surface area contributed by atoms with E-state index < -0.39 is 30.6 Å². The first kappa shape index (κ1) is 27.5. The summed E-state index contributed by atoms with van der Waals surface area (Å²) in [7, 11) is 0. The van der Waals surface area contributed by atoms with Gasteiger partial charge in [-0.15, -0.1) is 0 Å². The molecule has 0 fully saturated rings. The molecule has 3 rings (SSSR count). The predicted molar refractivity (Wildman–Crippen MR) is 140 cm³/mol. The minimum Gasteiger partial charge on any atom is -0.490 e. The van der Waals surface area contributed by atoms with Crippen LogP contribution >= 0.6 is 15.9 Å². The lowest BCUT2D eigenvalue weighted by Gasteiger charge is -2.16. The quantitative estimate of drug-likeness (QED) is 0.190. The molecule has 11 nitrogen and oxygen atoms in total. The van der Waals surface area contributed by atoms with Gasteiger partial charge in [0.25, 0.3) is 5.91 Å². The van der Waals surface area contributed by atoms with Gasteiger partial charge in [-0.25, -0.2) is 15.0 Å². The molecule has 2 aromatic carbocycles. The van der Waals surface area contributed by atoms with Gasteiger partial charge in [0.1, 0.15) is 6.04 Å². The number of halogens is 1. The minimum atomic E-state index is -1.12. The van der Waals surface area contributed by atoms with Crippen LogP contribution in [0.15, 0.2) is 52.2 Å². The van der Waals surface area contributed by atoms with Crippen molar-refractivity contribution in [2.45, 2.75) is 26.3 Å². The SMILES string of the molecule is CCOC(=O)N[C@H](Cc1c[nH]c2ccccc12)C(=O)N/N=C\c1cc(Br)c(OCC(=O)O)c(OCC)c1. The number of rotatable bonds is 12. The first-order chi connectivity index (χ1) is 17.8. The molecule has 0 spiro atoms. The molecule has 1 atom stereocenters. The standard InChI is InChI=1S/C25H27BrN4O7/c1-3-35-21-10-15(9-18(26)23(21)37-14-22(31)32)12-28-30-24(33)20(29-25(34)36-4-2)11-16-13-27-19-8-6-5-7-17(16)19/h5-10,12-13,20,27H,3-4,11,14H2,1-2H3,(H,29,34)(H,30,33)(H,31,32)/b28-12-/t20-/m1/s1. The minimum absolute atomic E-state index is 0.161. The Morgan fingerprint density at radius 3 is 2.68 bits per heavy atom. The molecule has 196 valence electrons. The second-order valence-electron chi connectivity index (χ2n) is 7.66. The molecule has 37 heavy (non-hydrogen) atoms. The lowest BCUT2D eigenvalue weighted by molar-refractivity contribution is -0.139. The monoisotopic (exact) mass is 574 g/mol. The molecule has 0 aliphatic carbocycles. The molecule has 0 aliphatic rings. The summed E-state index contributed by atoms with van der Waals surface area (Å²) in [5, 5.41) is 16.4. The van der Waals surface area contributed by atoms with Crippen molar-refractivity contribution in [1.29, 1.82) is 0 Å². The van der Waals surface area contributed by atoms with Crippen LogP contribution in [-0.4, -0.2) is 60.1 Å². The number of hydrogen-bond acceptors (Lipinski definition) is 7. The first-order valence-corrected chi connectivity index (χ1v) is 12.2. The number of carboxylic acid groups (broad SMARTS) is 1. The van der Waals surface area contributed by atoms with Crippen LogP contribution in [0.4, 0.5) is 4.79 Å². The number of benzene rings is 2. The molecule has 0 unspecified atom stereocenters. The smallest absolute Gasteiger partial charge is 0.407 e. The molecular formula is C25H27BrN4O7. The van der Waals surface area contributed by atoms with Crippen molar-refractivity contribution in [3.8, 4) is 11.5 Å². The third kappa shape index (κ3) is 7.71. The van der Waals surface area contributed by atoms with Gasteiger partial charge in [-0.1, -0.05) is 18.2 Å². The number of nitrogens with zero attached hydrogens (tertiary/aromatic N) is 1. The molecule has 0 saturated carbocycles. The van der Waals surface area contributed by atoms with Crippen molar-refractivity contribution in [2.24, 2.45) is 5.10 Å². The topological polar surface area (TPSA) is 151 Å². The number of hydrazone groups is 1. The van der Waals surface area contributed by atoms with E-state index in [0.717, 1.165) is 16.5 Å². The van der Waals surface area contributed by atoms with E-state index in [-0.39, 0.29) is 18.8 Å². The number of carbonyl (C=O) groups excluding carboxylic acids is 2. The average molecular weight is 575 g/mol. The second-order valence-corrected chi connectivity index (χ2v) is 8.52. The predicted octanol–water partition coefficient (Wildman–Crippen LogP) is 3.60. The number of hydrogen-bond donors (Lipinski definition) is 4. The number of aliphatic carboxylic acids is 1. The lowest BCUT2D eigenvalue weighted by Crippen LogP contribution is -2.47. The molecular weight excluding hydrogens is 548 g/mol. The van der Waals surface area contributed by atoms with E-state index >= 15 is 0 Å². The number of aromatic nitrogens is 1. The molecule has 4 N–H and O–H groups in total. The second kappa shape index (κ2) is 13.3. The summed E-state index contributed by atoms with van der Waals surface area (Å²) in [5.41, 5.74) is 4.76. The Labute approximate surface area is 221 Å². The Balaban J connectivity index is 1.76. The maximum Gasteiger partial charge on any atom is 0.407 e. The molecule has 12 heteroatoms. The van der Waals surface area contributed by atoms with Gasteiger partial charge in [0, 0.05) is 23.5 Å². The van der Waals surface area contributed by atoms with Crippen LogP contribution in [-0.2, 0) is 20.7 Å². The molecule has 0 radical (unpaired) electrons. The zero-order valence-electron chi connectivity index (χ0n) is 20.2. The van der Waals surface area contributed by atoms with Crippen LogP contribution < -0.4 is 20.2 Å². The Morgan fingerprint density at radius 1 is 1.16 bits per heavy atom. The number of ether oxygens (including phenoxy) is 3. The van der Waals surface area contributed by atoms with Gasteiger partial charge >= 0.3 is 12.1 Å². The number of carboxylic acids is 1. The summed E-state index contributed by atoms with van der Waals surface area (Å²) in [6.45, 7) is 3.40. The van der Waals surface area contributed by atoms with Crippen molar-refractivity contribution in [1.82, 2.24) is 15.7 Å². The molecule has 0 aliphatic heterocycles. The Morgan fingerprint density at radius 2 is 1.95 bits per heavy atom. The van der Waals surface area contributed by atoms with E-state index in [4.69, 9.17) is 19.3 Å². The molecule has 0 bridgehead atoms. The summed E-state index contributed by atoms with van der Waals surface area (Å²) < 4.78 is 16.3. The van der Waals surface area contributed by atoms with E-state index in [1.54, 1.807) is 32.2 Å². The molecule has 1 heterocycles. The van der Waals surface area contributed by atoms with Crippen LogP contribution in [0.1, 0.15) is 25.0 Å². The third-order valence-electron chi connectivity index (χ3n) is 5.04. The molecule has 1 aromatic heterocycles. The average Bonchev–Trinajstić information content (AvgIpc) is 3.26. The van der Waals surface area contributed by atoms with Crippen molar-refractivity contribution < 1.29 is 33.7 Å². The fraction of sp³-hybridized carbons (Fsp3) is 0.280. The zero-order valence-corrected chi connectivity index (χ0v) is 21.8. The van der Waals surface area contributed by atoms with E-state index in [1.807, 2.05) is 24.3 Å². The highest BCUT2D eigenvalue weighted by Gasteiger charge is 2.23. The number of fused-ring (bicyclic) bond motifs is 1. The van der Waals surface area contributed by atoms with Crippen molar-refractivity contribution >= 4 is 51.0 Å². The van der Waals surface area contributed by atoms with Gasteiger partial charge in [-0.3, -0.25) is 4.79 Å². The van der Waals surface area contributed by atoms with Gasteiger partial charge in [0.15, 0.2) is 18.1 Å². The fourth-order valence-corrected chi connectivity index (χ4v) is 4.07. The van der Waals surface area contributed by atoms with E-state index in [9.17, 15) is 14.4 Å². The number of alkyl carbamates (subject to hydrolysis) is 1. The first-order valence-electron chi connectivity index (χ1n) is 11.4. The maximum atomic E-state index is 13.0. The lowest BCUT2D eigenvalue weighted by atomic mass is 10.0. The van der Waals surface area contributed by atoms with Crippen molar-refractivity contribution in [3.05, 3.63) is 58.2 Å². The molecule has 0 saturated heterocycles. The zero-order chi connectivity index (χ0) is 26.8. The number of H-pyrrole nitrogens is 1. The summed E-state index contributed by atoms with van der Waals surface area (Å²) in [6, 6.07) is 9.92. The largest absolute Gasteiger partial charge is 0.490 e. The maximum absolute atomic E-state index is 13.0. The van der Waals surface area contributed by atoms with Crippen LogP contribution in [0.25, 0.3) is 10.9 Å². The van der Waals surface area contributed by atoms with Crippen LogP contribution in [0.5, 0.6) is 11.5 Å². The van der Waals surface area contributed by atoms with Gasteiger partial charge < -0.3 is 29.6 Å². The van der Waals surface area contributed by atoms with Crippen molar-refractivity contribution in [2.75, 3.05) is 19.8 Å². The van der Waals surface area contributed by atoms with Gasteiger partial charge in [-0.05, 0) is 59.1 Å². The highest BCUT2D eigenvalue weighted by Crippen LogP contribution is 2.36. The summed E-state index contributed by atoms with van der Waals surface area (Å²) in [4.78, 5) is 39.1. The molecule has 2 amide bonds. The highest BCUT2D eigenvalue weighted by molar-refractivity contribution is 9.10. The van der Waals surface area contributed by atoms with Crippen molar-refractivity contribution in [3.63, 3.8) is 0 Å².